The van der Waals surface area contributed by atoms with E-state index in [0.29, 0.717) is 0 Å². The maximum absolute atomic E-state index is 12.3. The van der Waals surface area contributed by atoms with E-state index in [0.717, 1.165) is 49.9 Å². The summed E-state index contributed by atoms with van der Waals surface area (Å²) in [7, 11) is 0. The van der Waals surface area contributed by atoms with Crippen LogP contribution in [0.3, 0.4) is 0 Å². The fourth-order valence-electron chi connectivity index (χ4n) is 4.76. The number of unbranched alkanes of at least 4 members (excludes halogenated alkanes) is 2. The highest BCUT2D eigenvalue weighted by Gasteiger charge is 2.42. The van der Waals surface area contributed by atoms with Crippen LogP contribution in [0, 0.1) is 5.92 Å². The van der Waals surface area contributed by atoms with Crippen LogP contribution in [0.5, 0.6) is 0 Å². The molecule has 166 valence electrons. The standard InChI is InChI=1S/C27H36N2O2/c1-6-8-14-27(15-9-7-2)24-16-20(28-19(5)30)10-12-22(24)23-13-11-21(17-25(23)27)29-26(31)18(3)4/h10-13,16-18H,6-9,14-15H2,1-5H3,(H,28,30)(H,29,31). The van der Waals surface area contributed by atoms with Crippen LogP contribution in [0.25, 0.3) is 11.1 Å². The Hall–Kier alpha value is -2.62. The number of fused-ring (bicyclic) bond motifs is 3. The number of carbonyl (C=O) groups excluding carboxylic acids is 2. The van der Waals surface area contributed by atoms with Crippen LogP contribution >= 0.6 is 0 Å². The zero-order chi connectivity index (χ0) is 22.6. The van der Waals surface area contributed by atoms with Crippen molar-refractivity contribution in [1.82, 2.24) is 0 Å². The third kappa shape index (κ3) is 4.68. The van der Waals surface area contributed by atoms with Crippen molar-refractivity contribution in [1.29, 1.82) is 0 Å². The lowest BCUT2D eigenvalue weighted by Gasteiger charge is -2.33. The molecule has 0 radical (unpaired) electrons. The van der Waals surface area contributed by atoms with Crippen molar-refractivity contribution in [3.8, 4) is 11.1 Å². The van der Waals surface area contributed by atoms with Crippen molar-refractivity contribution in [2.75, 3.05) is 10.6 Å². The predicted molar refractivity (Wildman–Crippen MR) is 129 cm³/mol. The van der Waals surface area contributed by atoms with Gasteiger partial charge in [0, 0.05) is 29.6 Å². The first kappa shape index (κ1) is 23.1. The minimum absolute atomic E-state index is 0.0381. The number of amides is 2. The number of hydrogen-bond donors (Lipinski definition) is 2. The molecule has 0 aliphatic heterocycles. The molecule has 1 aliphatic rings. The zero-order valence-electron chi connectivity index (χ0n) is 19.6. The number of rotatable bonds is 9. The summed E-state index contributed by atoms with van der Waals surface area (Å²) in [5.74, 6) is -0.0754. The quantitative estimate of drug-likeness (QED) is 0.464. The zero-order valence-corrected chi connectivity index (χ0v) is 19.6. The molecule has 0 spiro atoms. The smallest absolute Gasteiger partial charge is 0.226 e. The van der Waals surface area contributed by atoms with Crippen LogP contribution in [-0.2, 0) is 15.0 Å². The van der Waals surface area contributed by atoms with E-state index < -0.39 is 0 Å². The van der Waals surface area contributed by atoms with Gasteiger partial charge < -0.3 is 10.6 Å². The van der Waals surface area contributed by atoms with Crippen LogP contribution in [0.1, 0.15) is 84.3 Å². The first-order valence-corrected chi connectivity index (χ1v) is 11.7. The number of benzene rings is 2. The Morgan fingerprint density at radius 3 is 1.74 bits per heavy atom. The molecular weight excluding hydrogens is 384 g/mol. The maximum atomic E-state index is 12.3. The van der Waals surface area contributed by atoms with E-state index in [4.69, 9.17) is 0 Å². The van der Waals surface area contributed by atoms with Gasteiger partial charge in [0.25, 0.3) is 0 Å². The van der Waals surface area contributed by atoms with Gasteiger partial charge in [-0.3, -0.25) is 9.59 Å². The second kappa shape index (κ2) is 9.67. The summed E-state index contributed by atoms with van der Waals surface area (Å²) in [5, 5.41) is 6.05. The van der Waals surface area contributed by atoms with Crippen LogP contribution in [-0.4, -0.2) is 11.8 Å². The third-order valence-corrected chi connectivity index (χ3v) is 6.39. The number of nitrogens with one attached hydrogen (secondary N) is 2. The molecule has 2 aromatic rings. The molecule has 0 atom stereocenters. The van der Waals surface area contributed by atoms with Gasteiger partial charge in [-0.15, -0.1) is 0 Å². The minimum atomic E-state index is -0.0935. The monoisotopic (exact) mass is 420 g/mol. The highest BCUT2D eigenvalue weighted by Crippen LogP contribution is 2.55. The van der Waals surface area contributed by atoms with Crippen molar-refractivity contribution in [3.63, 3.8) is 0 Å². The molecule has 1 aliphatic carbocycles. The Bertz CT molecular complexity index is 954. The molecule has 0 saturated heterocycles. The Morgan fingerprint density at radius 2 is 1.32 bits per heavy atom. The molecule has 0 aromatic heterocycles. The van der Waals surface area contributed by atoms with Crippen LogP contribution in [0.15, 0.2) is 36.4 Å². The first-order chi connectivity index (χ1) is 14.8. The highest BCUT2D eigenvalue weighted by atomic mass is 16.2. The molecule has 31 heavy (non-hydrogen) atoms. The van der Waals surface area contributed by atoms with E-state index in [9.17, 15) is 9.59 Å². The predicted octanol–water partition coefficient (Wildman–Crippen LogP) is 6.89. The lowest BCUT2D eigenvalue weighted by molar-refractivity contribution is -0.119. The molecule has 4 heteroatoms. The van der Waals surface area contributed by atoms with Gasteiger partial charge in [-0.25, -0.2) is 0 Å². The SMILES string of the molecule is CCCCC1(CCCC)c2cc(NC(C)=O)ccc2-c2ccc(NC(=O)C(C)C)cc21. The summed E-state index contributed by atoms with van der Waals surface area (Å²) >= 11 is 0. The Morgan fingerprint density at radius 1 is 0.839 bits per heavy atom. The molecule has 0 fully saturated rings. The largest absolute Gasteiger partial charge is 0.326 e. The van der Waals surface area contributed by atoms with Crippen LogP contribution < -0.4 is 10.6 Å². The van der Waals surface area contributed by atoms with Gasteiger partial charge in [-0.1, -0.05) is 65.5 Å². The average molecular weight is 421 g/mol. The van der Waals surface area contributed by atoms with Gasteiger partial charge in [-0.05, 0) is 59.4 Å². The van der Waals surface area contributed by atoms with E-state index in [1.807, 2.05) is 26.0 Å². The Balaban J connectivity index is 2.16. The van der Waals surface area contributed by atoms with Crippen LogP contribution in [0.2, 0.25) is 0 Å². The molecule has 0 heterocycles. The van der Waals surface area contributed by atoms with Crippen molar-refractivity contribution in [2.45, 2.75) is 78.6 Å². The van der Waals surface area contributed by atoms with Gasteiger partial charge in [0.05, 0.1) is 0 Å². The lowest BCUT2D eigenvalue weighted by atomic mass is 9.70. The molecule has 0 unspecified atom stereocenters. The summed E-state index contributed by atoms with van der Waals surface area (Å²) < 4.78 is 0. The van der Waals surface area contributed by atoms with Gasteiger partial charge in [-0.2, -0.15) is 0 Å². The summed E-state index contributed by atoms with van der Waals surface area (Å²) in [4.78, 5) is 24.0. The molecule has 2 aromatic carbocycles. The second-order valence-corrected chi connectivity index (χ2v) is 9.14. The molecule has 2 N–H and O–H groups in total. The molecule has 2 amide bonds. The first-order valence-electron chi connectivity index (χ1n) is 11.7. The van der Waals surface area contributed by atoms with Gasteiger partial charge >= 0.3 is 0 Å². The highest BCUT2D eigenvalue weighted by molar-refractivity contribution is 5.94. The van der Waals surface area contributed by atoms with E-state index >= 15 is 0 Å². The topological polar surface area (TPSA) is 58.2 Å². The lowest BCUT2D eigenvalue weighted by Crippen LogP contribution is -2.26. The Kier molecular flexibility index (Phi) is 7.19. The molecular formula is C27H36N2O2. The van der Waals surface area contributed by atoms with E-state index in [2.05, 4.69) is 48.7 Å². The summed E-state index contributed by atoms with van der Waals surface area (Å²) in [6, 6.07) is 12.7. The number of hydrogen-bond acceptors (Lipinski definition) is 2. The third-order valence-electron chi connectivity index (χ3n) is 6.39. The van der Waals surface area contributed by atoms with Crippen molar-refractivity contribution in [3.05, 3.63) is 47.5 Å². The van der Waals surface area contributed by atoms with Gasteiger partial charge in [0.1, 0.15) is 0 Å². The maximum Gasteiger partial charge on any atom is 0.226 e. The van der Waals surface area contributed by atoms with Crippen LogP contribution in [0.4, 0.5) is 11.4 Å². The Labute approximate surface area is 186 Å². The fourth-order valence-corrected chi connectivity index (χ4v) is 4.76. The average Bonchev–Trinajstić information content (AvgIpc) is 2.99. The molecule has 3 rings (SSSR count). The van der Waals surface area contributed by atoms with Crippen molar-refractivity contribution in [2.24, 2.45) is 5.92 Å². The fraction of sp³-hybridized carbons (Fsp3) is 0.481. The van der Waals surface area contributed by atoms with E-state index in [1.54, 1.807) is 6.92 Å². The molecule has 0 bridgehead atoms. The summed E-state index contributed by atoms with van der Waals surface area (Å²) in [6.07, 6.45) is 6.66. The van der Waals surface area contributed by atoms with Crippen molar-refractivity contribution >= 4 is 23.2 Å². The minimum Gasteiger partial charge on any atom is -0.326 e. The van der Waals surface area contributed by atoms with Gasteiger partial charge in [0.15, 0.2) is 0 Å². The normalized spacial score (nSPS) is 13.6. The molecule has 4 nitrogen and oxygen atoms in total. The number of anilines is 2. The van der Waals surface area contributed by atoms with Gasteiger partial charge in [0.2, 0.25) is 11.8 Å². The van der Waals surface area contributed by atoms with E-state index in [-0.39, 0.29) is 23.1 Å². The van der Waals surface area contributed by atoms with E-state index in [1.165, 1.54) is 22.3 Å². The number of carbonyl (C=O) groups is 2. The summed E-state index contributed by atoms with van der Waals surface area (Å²) in [6.45, 7) is 9.84. The summed E-state index contributed by atoms with van der Waals surface area (Å²) in [5.41, 5.74) is 6.74. The van der Waals surface area contributed by atoms with Crippen molar-refractivity contribution < 1.29 is 9.59 Å². The molecule has 0 saturated carbocycles. The second-order valence-electron chi connectivity index (χ2n) is 9.14.